The maximum absolute atomic E-state index is 5.44. The SMILES string of the molecule is Cc1cc2c(cn1)NC(C)O2. The largest absolute Gasteiger partial charge is 0.469 e. The number of fused-ring (bicyclic) bond motifs is 1. The van der Waals surface area contributed by atoms with Crippen LogP contribution in [0.3, 0.4) is 0 Å². The summed E-state index contributed by atoms with van der Waals surface area (Å²) in [6.07, 6.45) is 1.88. The van der Waals surface area contributed by atoms with E-state index in [9.17, 15) is 0 Å². The number of hydrogen-bond donors (Lipinski definition) is 1. The van der Waals surface area contributed by atoms with Gasteiger partial charge in [0.15, 0.2) is 6.23 Å². The number of aryl methyl sites for hydroxylation is 1. The smallest absolute Gasteiger partial charge is 0.167 e. The quantitative estimate of drug-likeness (QED) is 0.609. The van der Waals surface area contributed by atoms with Crippen LogP contribution in [-0.2, 0) is 0 Å². The van der Waals surface area contributed by atoms with E-state index in [0.717, 1.165) is 17.1 Å². The molecule has 11 heavy (non-hydrogen) atoms. The highest BCUT2D eigenvalue weighted by Crippen LogP contribution is 2.30. The van der Waals surface area contributed by atoms with Crippen molar-refractivity contribution in [2.45, 2.75) is 20.1 Å². The average molecular weight is 150 g/mol. The lowest BCUT2D eigenvalue weighted by molar-refractivity contribution is 0.274. The van der Waals surface area contributed by atoms with E-state index in [-0.39, 0.29) is 6.23 Å². The topological polar surface area (TPSA) is 34.2 Å². The van der Waals surface area contributed by atoms with Crippen molar-refractivity contribution >= 4 is 5.69 Å². The second kappa shape index (κ2) is 2.12. The number of anilines is 1. The zero-order valence-electron chi connectivity index (χ0n) is 6.59. The summed E-state index contributed by atoms with van der Waals surface area (Å²) in [6, 6.07) is 1.94. The first-order valence-electron chi connectivity index (χ1n) is 3.65. The number of nitrogens with zero attached hydrogens (tertiary/aromatic N) is 1. The molecule has 1 unspecified atom stereocenters. The maximum atomic E-state index is 5.44. The van der Waals surface area contributed by atoms with Gasteiger partial charge in [0.05, 0.1) is 11.9 Å². The Hall–Kier alpha value is -1.25. The Morgan fingerprint density at radius 1 is 1.64 bits per heavy atom. The summed E-state index contributed by atoms with van der Waals surface area (Å²) in [5.74, 6) is 0.907. The van der Waals surface area contributed by atoms with Gasteiger partial charge in [-0.1, -0.05) is 0 Å². The van der Waals surface area contributed by atoms with Crippen molar-refractivity contribution in [1.29, 1.82) is 0 Å². The molecule has 3 nitrogen and oxygen atoms in total. The molecule has 2 rings (SSSR count). The summed E-state index contributed by atoms with van der Waals surface area (Å²) in [5, 5.41) is 3.14. The fourth-order valence-electron chi connectivity index (χ4n) is 1.18. The van der Waals surface area contributed by atoms with E-state index in [4.69, 9.17) is 4.74 Å². The molecule has 0 saturated heterocycles. The van der Waals surface area contributed by atoms with Gasteiger partial charge in [-0.15, -0.1) is 0 Å². The highest BCUT2D eigenvalue weighted by Gasteiger charge is 2.17. The lowest BCUT2D eigenvalue weighted by Crippen LogP contribution is -2.13. The summed E-state index contributed by atoms with van der Waals surface area (Å²) < 4.78 is 5.44. The van der Waals surface area contributed by atoms with Crippen molar-refractivity contribution in [2.24, 2.45) is 0 Å². The number of hydrogen-bond acceptors (Lipinski definition) is 3. The van der Waals surface area contributed by atoms with Crippen LogP contribution in [0.15, 0.2) is 12.3 Å². The van der Waals surface area contributed by atoms with E-state index < -0.39 is 0 Å². The van der Waals surface area contributed by atoms with Crippen LogP contribution >= 0.6 is 0 Å². The van der Waals surface area contributed by atoms with Crippen LogP contribution in [0.2, 0.25) is 0 Å². The zero-order valence-corrected chi connectivity index (χ0v) is 6.59. The molecule has 1 aromatic heterocycles. The third-order valence-electron chi connectivity index (χ3n) is 1.67. The van der Waals surface area contributed by atoms with Crippen molar-refractivity contribution in [3.05, 3.63) is 18.0 Å². The van der Waals surface area contributed by atoms with Gasteiger partial charge in [0.2, 0.25) is 0 Å². The highest BCUT2D eigenvalue weighted by molar-refractivity contribution is 5.58. The standard InChI is InChI=1S/C8H10N2O/c1-5-3-8-7(4-9-5)10-6(2)11-8/h3-4,6,10H,1-2H3. The van der Waals surface area contributed by atoms with Crippen LogP contribution in [0, 0.1) is 6.92 Å². The second-order valence-electron chi connectivity index (χ2n) is 2.73. The van der Waals surface area contributed by atoms with Crippen molar-refractivity contribution in [2.75, 3.05) is 5.32 Å². The molecular formula is C8H10N2O. The molecule has 0 amide bonds. The Morgan fingerprint density at radius 2 is 2.45 bits per heavy atom. The monoisotopic (exact) mass is 150 g/mol. The molecule has 58 valence electrons. The Morgan fingerprint density at radius 3 is 3.27 bits per heavy atom. The van der Waals surface area contributed by atoms with E-state index in [1.54, 1.807) is 6.20 Å². The van der Waals surface area contributed by atoms with E-state index in [2.05, 4.69) is 10.3 Å². The predicted molar refractivity (Wildman–Crippen MR) is 42.7 cm³/mol. The van der Waals surface area contributed by atoms with E-state index in [1.807, 2.05) is 19.9 Å². The number of nitrogens with one attached hydrogen (secondary N) is 1. The minimum atomic E-state index is 0.0774. The fourth-order valence-corrected chi connectivity index (χ4v) is 1.18. The summed E-state index contributed by atoms with van der Waals surface area (Å²) in [4.78, 5) is 4.14. The van der Waals surface area contributed by atoms with Gasteiger partial charge in [0, 0.05) is 11.8 Å². The summed E-state index contributed by atoms with van der Waals surface area (Å²) in [7, 11) is 0. The van der Waals surface area contributed by atoms with Crippen LogP contribution in [0.5, 0.6) is 5.75 Å². The molecule has 1 N–H and O–H groups in total. The van der Waals surface area contributed by atoms with Gasteiger partial charge >= 0.3 is 0 Å². The van der Waals surface area contributed by atoms with Crippen LogP contribution in [-0.4, -0.2) is 11.2 Å². The fraction of sp³-hybridized carbons (Fsp3) is 0.375. The molecule has 0 aliphatic carbocycles. The molecule has 0 saturated carbocycles. The van der Waals surface area contributed by atoms with Crippen molar-refractivity contribution < 1.29 is 4.74 Å². The minimum Gasteiger partial charge on any atom is -0.469 e. The first-order chi connectivity index (χ1) is 5.25. The van der Waals surface area contributed by atoms with Crippen LogP contribution < -0.4 is 10.1 Å². The predicted octanol–water partition coefficient (Wildman–Crippen LogP) is 1.54. The second-order valence-corrected chi connectivity index (χ2v) is 2.73. The number of rotatable bonds is 0. The summed E-state index contributed by atoms with van der Waals surface area (Å²) in [5.41, 5.74) is 1.97. The van der Waals surface area contributed by atoms with Gasteiger partial charge in [-0.3, -0.25) is 4.98 Å². The van der Waals surface area contributed by atoms with Crippen molar-refractivity contribution in [1.82, 2.24) is 4.98 Å². The number of aromatic nitrogens is 1. The molecule has 2 heterocycles. The molecule has 1 atom stereocenters. The lowest BCUT2D eigenvalue weighted by Gasteiger charge is -2.00. The molecular weight excluding hydrogens is 140 g/mol. The van der Waals surface area contributed by atoms with Crippen molar-refractivity contribution in [3.8, 4) is 5.75 Å². The van der Waals surface area contributed by atoms with Crippen LogP contribution in [0.4, 0.5) is 5.69 Å². The molecule has 0 fully saturated rings. The molecule has 3 heteroatoms. The van der Waals surface area contributed by atoms with Gasteiger partial charge in [-0.05, 0) is 13.8 Å². The summed E-state index contributed by atoms with van der Waals surface area (Å²) >= 11 is 0. The van der Waals surface area contributed by atoms with E-state index >= 15 is 0 Å². The third-order valence-corrected chi connectivity index (χ3v) is 1.67. The summed E-state index contributed by atoms with van der Waals surface area (Å²) in [6.45, 7) is 3.92. The third kappa shape index (κ3) is 1.02. The first kappa shape index (κ1) is 6.46. The molecule has 0 bridgehead atoms. The highest BCUT2D eigenvalue weighted by atomic mass is 16.5. The van der Waals surface area contributed by atoms with Gasteiger partial charge < -0.3 is 10.1 Å². The van der Waals surface area contributed by atoms with Gasteiger partial charge in [0.25, 0.3) is 0 Å². The molecule has 0 radical (unpaired) electrons. The van der Waals surface area contributed by atoms with Gasteiger partial charge in [-0.25, -0.2) is 0 Å². The van der Waals surface area contributed by atoms with E-state index in [1.165, 1.54) is 0 Å². The molecule has 0 aromatic carbocycles. The Balaban J connectivity index is 2.43. The van der Waals surface area contributed by atoms with Crippen LogP contribution in [0.25, 0.3) is 0 Å². The normalized spacial score (nSPS) is 20.4. The maximum Gasteiger partial charge on any atom is 0.167 e. The Labute approximate surface area is 65.4 Å². The zero-order chi connectivity index (χ0) is 7.84. The first-order valence-corrected chi connectivity index (χ1v) is 3.65. The minimum absolute atomic E-state index is 0.0774. The van der Waals surface area contributed by atoms with Gasteiger partial charge in [0.1, 0.15) is 5.75 Å². The van der Waals surface area contributed by atoms with E-state index in [0.29, 0.717) is 0 Å². The Bertz CT molecular complexity index is 285. The van der Waals surface area contributed by atoms with Gasteiger partial charge in [-0.2, -0.15) is 0 Å². The number of pyridine rings is 1. The van der Waals surface area contributed by atoms with Crippen molar-refractivity contribution in [3.63, 3.8) is 0 Å². The molecule has 0 spiro atoms. The lowest BCUT2D eigenvalue weighted by atomic mass is 10.3. The Kier molecular flexibility index (Phi) is 1.24. The average Bonchev–Trinajstić information content (AvgIpc) is 2.27. The molecule has 1 aliphatic rings. The number of ether oxygens (including phenoxy) is 1. The molecule has 1 aromatic rings. The van der Waals surface area contributed by atoms with Crippen LogP contribution in [0.1, 0.15) is 12.6 Å². The molecule has 1 aliphatic heterocycles.